The van der Waals surface area contributed by atoms with Crippen molar-refractivity contribution in [3.8, 4) is 0 Å². The predicted molar refractivity (Wildman–Crippen MR) is 101 cm³/mol. The van der Waals surface area contributed by atoms with Crippen molar-refractivity contribution in [2.75, 3.05) is 0 Å². The molecule has 2 aliphatic carbocycles. The van der Waals surface area contributed by atoms with Crippen LogP contribution in [0, 0.1) is 5.92 Å². The average molecular weight is 379 g/mol. The van der Waals surface area contributed by atoms with Crippen LogP contribution in [0.2, 0.25) is 5.02 Å². The number of amides is 2. The van der Waals surface area contributed by atoms with Crippen LogP contribution in [0.5, 0.6) is 0 Å². The van der Waals surface area contributed by atoms with Gasteiger partial charge >= 0.3 is 0 Å². The molecule has 2 atom stereocenters. The van der Waals surface area contributed by atoms with Crippen LogP contribution in [0.1, 0.15) is 50.5 Å². The second-order valence-corrected chi connectivity index (χ2v) is 7.96. The molecule has 26 heavy (non-hydrogen) atoms. The molecule has 0 aromatic heterocycles. The molecule has 3 rings (SSSR count). The van der Waals surface area contributed by atoms with E-state index in [9.17, 15) is 14.7 Å². The van der Waals surface area contributed by atoms with Gasteiger partial charge < -0.3 is 15.7 Å². The number of benzene rings is 1. The topological polar surface area (TPSA) is 78.4 Å². The molecule has 0 heterocycles. The maximum absolute atomic E-state index is 12.4. The minimum Gasteiger partial charge on any atom is -0.393 e. The Morgan fingerprint density at radius 1 is 1.00 bits per heavy atom. The minimum atomic E-state index is -0.274. The summed E-state index contributed by atoms with van der Waals surface area (Å²) in [7, 11) is 0. The monoisotopic (exact) mass is 378 g/mol. The van der Waals surface area contributed by atoms with Gasteiger partial charge in [0.25, 0.3) is 0 Å². The Balaban J connectivity index is 1.40. The van der Waals surface area contributed by atoms with Crippen LogP contribution in [-0.4, -0.2) is 35.1 Å². The Morgan fingerprint density at radius 2 is 1.69 bits per heavy atom. The van der Waals surface area contributed by atoms with Gasteiger partial charge in [0.05, 0.1) is 12.5 Å². The first kappa shape index (κ1) is 19.2. The molecule has 2 saturated carbocycles. The van der Waals surface area contributed by atoms with Crippen molar-refractivity contribution >= 4 is 23.4 Å². The maximum atomic E-state index is 12.4. The van der Waals surface area contributed by atoms with Crippen LogP contribution in [0.15, 0.2) is 24.3 Å². The molecule has 0 unspecified atom stereocenters. The van der Waals surface area contributed by atoms with Gasteiger partial charge in [0.2, 0.25) is 11.8 Å². The Labute approximate surface area is 159 Å². The van der Waals surface area contributed by atoms with E-state index >= 15 is 0 Å². The van der Waals surface area contributed by atoms with E-state index in [1.807, 2.05) is 18.2 Å². The van der Waals surface area contributed by atoms with Crippen molar-refractivity contribution in [2.45, 2.75) is 69.6 Å². The first-order chi connectivity index (χ1) is 12.5. The van der Waals surface area contributed by atoms with Crippen LogP contribution in [0.3, 0.4) is 0 Å². The van der Waals surface area contributed by atoms with E-state index in [0.29, 0.717) is 11.4 Å². The summed E-state index contributed by atoms with van der Waals surface area (Å²) in [5, 5.41) is 16.3. The molecule has 0 saturated heterocycles. The summed E-state index contributed by atoms with van der Waals surface area (Å²) in [4.78, 5) is 24.6. The number of aliphatic hydroxyl groups is 1. The number of rotatable bonds is 5. The summed E-state index contributed by atoms with van der Waals surface area (Å²) in [6.07, 6.45) is 5.53. The summed E-state index contributed by atoms with van der Waals surface area (Å²) < 4.78 is 0. The van der Waals surface area contributed by atoms with Crippen LogP contribution in [-0.2, 0) is 16.0 Å². The summed E-state index contributed by atoms with van der Waals surface area (Å²) in [6, 6.07) is 7.62. The first-order valence-electron chi connectivity index (χ1n) is 9.52. The highest BCUT2D eigenvalue weighted by Gasteiger charge is 2.30. The molecule has 1 aromatic rings. The van der Waals surface area contributed by atoms with Gasteiger partial charge in [0.15, 0.2) is 0 Å². The highest BCUT2D eigenvalue weighted by Crippen LogP contribution is 2.26. The number of carbonyl (C=O) groups excluding carboxylic acids is 2. The lowest BCUT2D eigenvalue weighted by molar-refractivity contribution is -0.126. The smallest absolute Gasteiger partial charge is 0.224 e. The SMILES string of the molecule is O=C(Cc1ccccc1Cl)NC1CCC(C(=O)N[C@@H]2CC[C@H](O)C2)CC1. The largest absolute Gasteiger partial charge is 0.393 e. The lowest BCUT2D eigenvalue weighted by Gasteiger charge is -2.29. The molecule has 0 spiro atoms. The summed E-state index contributed by atoms with van der Waals surface area (Å²) in [5.41, 5.74) is 0.832. The lowest BCUT2D eigenvalue weighted by atomic mass is 9.85. The molecule has 2 aliphatic rings. The zero-order valence-electron chi connectivity index (χ0n) is 14.9. The molecule has 0 aliphatic heterocycles. The quantitative estimate of drug-likeness (QED) is 0.736. The van der Waals surface area contributed by atoms with Gasteiger partial charge in [-0.2, -0.15) is 0 Å². The lowest BCUT2D eigenvalue weighted by Crippen LogP contribution is -2.43. The van der Waals surface area contributed by atoms with E-state index in [4.69, 9.17) is 11.6 Å². The number of aliphatic hydroxyl groups excluding tert-OH is 1. The highest BCUT2D eigenvalue weighted by atomic mass is 35.5. The molecular formula is C20H27ClN2O3. The molecule has 0 bridgehead atoms. The number of hydrogen-bond acceptors (Lipinski definition) is 3. The normalized spacial score (nSPS) is 28.5. The fraction of sp³-hybridized carbons (Fsp3) is 0.600. The minimum absolute atomic E-state index is 0.0180. The number of hydrogen-bond donors (Lipinski definition) is 3. The summed E-state index contributed by atoms with van der Waals surface area (Å²) in [6.45, 7) is 0. The van der Waals surface area contributed by atoms with Gasteiger partial charge in [-0.3, -0.25) is 9.59 Å². The Kier molecular flexibility index (Phi) is 6.54. The zero-order chi connectivity index (χ0) is 18.5. The molecule has 0 radical (unpaired) electrons. The van der Waals surface area contributed by atoms with Gasteiger partial charge in [-0.15, -0.1) is 0 Å². The van der Waals surface area contributed by atoms with E-state index in [-0.39, 0.29) is 42.3 Å². The van der Waals surface area contributed by atoms with Crippen molar-refractivity contribution in [2.24, 2.45) is 5.92 Å². The third kappa shape index (κ3) is 5.21. The molecule has 5 nitrogen and oxygen atoms in total. The third-order valence-electron chi connectivity index (χ3n) is 5.52. The van der Waals surface area contributed by atoms with Gasteiger partial charge in [0.1, 0.15) is 0 Å². The zero-order valence-corrected chi connectivity index (χ0v) is 15.7. The average Bonchev–Trinajstić information content (AvgIpc) is 3.02. The molecule has 2 fully saturated rings. The first-order valence-corrected chi connectivity index (χ1v) is 9.90. The molecular weight excluding hydrogens is 352 g/mol. The van der Waals surface area contributed by atoms with Gasteiger partial charge in [-0.25, -0.2) is 0 Å². The molecule has 3 N–H and O–H groups in total. The maximum Gasteiger partial charge on any atom is 0.224 e. The Bertz CT molecular complexity index is 644. The number of nitrogens with one attached hydrogen (secondary N) is 2. The summed E-state index contributed by atoms with van der Waals surface area (Å²) in [5.74, 6) is 0.0975. The highest BCUT2D eigenvalue weighted by molar-refractivity contribution is 6.31. The van der Waals surface area contributed by atoms with Crippen molar-refractivity contribution in [3.63, 3.8) is 0 Å². The third-order valence-corrected chi connectivity index (χ3v) is 5.89. The Hall–Kier alpha value is -1.59. The standard InChI is InChI=1S/C20H27ClN2O3/c21-18-4-2-1-3-14(18)11-19(25)22-15-7-5-13(6-8-15)20(26)23-16-9-10-17(24)12-16/h1-4,13,15-17,24H,5-12H2,(H,22,25)(H,23,26)/t13?,15?,16-,17+/m1/s1. The van der Waals surface area contributed by atoms with E-state index in [1.54, 1.807) is 6.07 Å². The fourth-order valence-corrected chi connectivity index (χ4v) is 4.20. The van der Waals surface area contributed by atoms with Crippen molar-refractivity contribution < 1.29 is 14.7 Å². The van der Waals surface area contributed by atoms with Gasteiger partial charge in [-0.05, 0) is 56.6 Å². The van der Waals surface area contributed by atoms with Crippen LogP contribution < -0.4 is 10.6 Å². The van der Waals surface area contributed by atoms with Gasteiger partial charge in [0, 0.05) is 23.0 Å². The predicted octanol–water partition coefficient (Wildman–Crippen LogP) is 2.59. The van der Waals surface area contributed by atoms with Crippen LogP contribution in [0.4, 0.5) is 0 Å². The molecule has 6 heteroatoms. The second-order valence-electron chi connectivity index (χ2n) is 7.56. The molecule has 2 amide bonds. The van der Waals surface area contributed by atoms with E-state index < -0.39 is 0 Å². The van der Waals surface area contributed by atoms with Crippen LogP contribution in [0.25, 0.3) is 0 Å². The number of halogens is 1. The Morgan fingerprint density at radius 3 is 2.35 bits per heavy atom. The van der Waals surface area contributed by atoms with E-state index in [0.717, 1.165) is 44.1 Å². The van der Waals surface area contributed by atoms with Crippen molar-refractivity contribution in [3.05, 3.63) is 34.9 Å². The molecule has 142 valence electrons. The van der Waals surface area contributed by atoms with Crippen molar-refractivity contribution in [1.82, 2.24) is 10.6 Å². The van der Waals surface area contributed by atoms with E-state index in [1.165, 1.54) is 0 Å². The van der Waals surface area contributed by atoms with Gasteiger partial charge in [-0.1, -0.05) is 29.8 Å². The fourth-order valence-electron chi connectivity index (χ4n) is 4.00. The second kappa shape index (κ2) is 8.87. The number of carbonyl (C=O) groups is 2. The molecule has 1 aromatic carbocycles. The van der Waals surface area contributed by atoms with E-state index in [2.05, 4.69) is 10.6 Å². The van der Waals surface area contributed by atoms with Crippen molar-refractivity contribution in [1.29, 1.82) is 0 Å². The van der Waals surface area contributed by atoms with Crippen LogP contribution >= 0.6 is 11.6 Å². The summed E-state index contributed by atoms with van der Waals surface area (Å²) >= 11 is 6.10.